The molecule has 0 amide bonds. The van der Waals surface area contributed by atoms with Crippen molar-refractivity contribution >= 4 is 33.6 Å². The van der Waals surface area contributed by atoms with E-state index in [9.17, 15) is 9.90 Å². The van der Waals surface area contributed by atoms with Gasteiger partial charge < -0.3 is 5.11 Å². The molecule has 0 saturated heterocycles. The molecular formula is C17H12N2O2S2. The second-order valence-corrected chi connectivity index (χ2v) is 7.02. The van der Waals surface area contributed by atoms with E-state index in [4.69, 9.17) is 0 Å². The number of carboxylic acid groups (broad SMARTS) is 1. The van der Waals surface area contributed by atoms with Crippen LogP contribution in [-0.4, -0.2) is 20.5 Å². The number of imidazole rings is 1. The highest BCUT2D eigenvalue weighted by Gasteiger charge is 2.24. The number of fused-ring (bicyclic) bond motifs is 1. The Morgan fingerprint density at radius 3 is 2.61 bits per heavy atom. The summed E-state index contributed by atoms with van der Waals surface area (Å²) >= 11 is 2.85. The normalized spacial score (nSPS) is 11.2. The summed E-state index contributed by atoms with van der Waals surface area (Å²) < 4.78 is 1.96. The lowest BCUT2D eigenvalue weighted by Crippen LogP contribution is -1.99. The van der Waals surface area contributed by atoms with Crippen molar-refractivity contribution in [2.24, 2.45) is 0 Å². The first-order chi connectivity index (χ1) is 11.2. The van der Waals surface area contributed by atoms with Gasteiger partial charge in [-0.05, 0) is 18.4 Å². The van der Waals surface area contributed by atoms with E-state index in [2.05, 4.69) is 4.98 Å². The van der Waals surface area contributed by atoms with Gasteiger partial charge in [-0.2, -0.15) is 0 Å². The maximum absolute atomic E-state index is 11.7. The Morgan fingerprint density at radius 1 is 1.17 bits per heavy atom. The van der Waals surface area contributed by atoms with E-state index in [-0.39, 0.29) is 0 Å². The van der Waals surface area contributed by atoms with Crippen LogP contribution in [-0.2, 0) is 0 Å². The Morgan fingerprint density at radius 2 is 1.96 bits per heavy atom. The van der Waals surface area contributed by atoms with Crippen LogP contribution in [0.15, 0.2) is 47.8 Å². The standard InChI is InChI=1S/C17H12N2O2S2/c1-10-13(12-8-5-9-22-12)18-17-19(10)14(15(23-17)16(20)21)11-6-3-2-4-7-11/h2-9H,1H3,(H,20,21). The van der Waals surface area contributed by atoms with Crippen molar-refractivity contribution in [2.45, 2.75) is 6.92 Å². The molecule has 3 aromatic heterocycles. The zero-order valence-corrected chi connectivity index (χ0v) is 13.8. The average molecular weight is 340 g/mol. The third-order valence-corrected chi connectivity index (χ3v) is 5.61. The average Bonchev–Trinajstić information content (AvgIpc) is 3.25. The monoisotopic (exact) mass is 340 g/mol. The van der Waals surface area contributed by atoms with Gasteiger partial charge in [-0.25, -0.2) is 9.78 Å². The summed E-state index contributed by atoms with van der Waals surface area (Å²) in [5.74, 6) is -0.920. The van der Waals surface area contributed by atoms with Crippen LogP contribution in [0, 0.1) is 6.92 Å². The molecule has 3 heterocycles. The third-order valence-electron chi connectivity index (χ3n) is 3.70. The number of thiazole rings is 1. The Hall–Kier alpha value is -2.44. The molecule has 6 heteroatoms. The molecule has 0 bridgehead atoms. The molecule has 0 aliphatic heterocycles. The quantitative estimate of drug-likeness (QED) is 0.583. The molecule has 4 aromatic rings. The van der Waals surface area contributed by atoms with Crippen LogP contribution in [0.4, 0.5) is 0 Å². The summed E-state index contributed by atoms with van der Waals surface area (Å²) in [6, 6.07) is 13.6. The van der Waals surface area contributed by atoms with Gasteiger partial charge in [-0.3, -0.25) is 4.40 Å². The van der Waals surface area contributed by atoms with Gasteiger partial charge in [-0.15, -0.1) is 11.3 Å². The Balaban J connectivity index is 2.06. The second-order valence-electron chi connectivity index (χ2n) is 5.09. The maximum atomic E-state index is 11.7. The first-order valence-corrected chi connectivity index (χ1v) is 8.71. The largest absolute Gasteiger partial charge is 0.477 e. The molecule has 1 N–H and O–H groups in total. The van der Waals surface area contributed by atoms with Crippen LogP contribution in [0.2, 0.25) is 0 Å². The summed E-state index contributed by atoms with van der Waals surface area (Å²) in [5.41, 5.74) is 3.46. The van der Waals surface area contributed by atoms with E-state index in [1.54, 1.807) is 11.3 Å². The number of nitrogens with zero attached hydrogens (tertiary/aromatic N) is 2. The number of aromatic carboxylic acids is 1. The lowest BCUT2D eigenvalue weighted by atomic mass is 10.1. The first kappa shape index (κ1) is 14.2. The lowest BCUT2D eigenvalue weighted by molar-refractivity contribution is 0.0702. The van der Waals surface area contributed by atoms with Gasteiger partial charge in [0.2, 0.25) is 0 Å². The van der Waals surface area contributed by atoms with E-state index in [1.165, 1.54) is 11.3 Å². The van der Waals surface area contributed by atoms with E-state index in [0.29, 0.717) is 15.5 Å². The molecule has 0 atom stereocenters. The van der Waals surface area contributed by atoms with Gasteiger partial charge in [0.05, 0.1) is 10.6 Å². The number of hydrogen-bond donors (Lipinski definition) is 1. The number of thiophene rings is 1. The number of benzene rings is 1. The molecule has 0 spiro atoms. The van der Waals surface area contributed by atoms with E-state index < -0.39 is 5.97 Å². The molecule has 0 aliphatic carbocycles. The SMILES string of the molecule is Cc1c(-c2cccs2)nc2sc(C(=O)O)c(-c3ccccc3)n12. The van der Waals surface area contributed by atoms with E-state index in [0.717, 1.165) is 21.8 Å². The molecule has 0 radical (unpaired) electrons. The minimum absolute atomic E-state index is 0.319. The highest BCUT2D eigenvalue weighted by atomic mass is 32.1. The van der Waals surface area contributed by atoms with E-state index in [1.807, 2.05) is 59.2 Å². The van der Waals surface area contributed by atoms with Crippen molar-refractivity contribution in [3.05, 3.63) is 58.4 Å². The molecular weight excluding hydrogens is 328 g/mol. The zero-order valence-electron chi connectivity index (χ0n) is 12.2. The van der Waals surface area contributed by atoms with Crippen molar-refractivity contribution in [3.63, 3.8) is 0 Å². The van der Waals surface area contributed by atoms with Crippen LogP contribution >= 0.6 is 22.7 Å². The number of carbonyl (C=O) groups is 1. The van der Waals surface area contributed by atoms with Gasteiger partial charge in [0.15, 0.2) is 4.96 Å². The van der Waals surface area contributed by atoms with Crippen LogP contribution in [0.25, 0.3) is 26.8 Å². The summed E-state index contributed by atoms with van der Waals surface area (Å²) in [6.07, 6.45) is 0. The highest BCUT2D eigenvalue weighted by molar-refractivity contribution is 7.19. The van der Waals surface area contributed by atoms with Crippen LogP contribution in [0.5, 0.6) is 0 Å². The number of carboxylic acids is 1. The van der Waals surface area contributed by atoms with Gasteiger partial charge in [0, 0.05) is 11.3 Å². The molecule has 23 heavy (non-hydrogen) atoms. The van der Waals surface area contributed by atoms with Gasteiger partial charge in [-0.1, -0.05) is 47.7 Å². The maximum Gasteiger partial charge on any atom is 0.348 e. The Labute approximate surface area is 140 Å². The molecule has 0 unspecified atom stereocenters. The molecule has 114 valence electrons. The summed E-state index contributed by atoms with van der Waals surface area (Å²) in [7, 11) is 0. The van der Waals surface area contributed by atoms with Crippen LogP contribution in [0.3, 0.4) is 0 Å². The predicted octanol–water partition coefficient (Wildman–Crippen LogP) is 4.80. The number of hydrogen-bond acceptors (Lipinski definition) is 4. The van der Waals surface area contributed by atoms with Gasteiger partial charge in [0.1, 0.15) is 10.6 Å². The predicted molar refractivity (Wildman–Crippen MR) is 93.5 cm³/mol. The number of aromatic nitrogens is 2. The van der Waals surface area contributed by atoms with Crippen molar-refractivity contribution in [2.75, 3.05) is 0 Å². The van der Waals surface area contributed by atoms with Crippen LogP contribution < -0.4 is 0 Å². The molecule has 4 rings (SSSR count). The third kappa shape index (κ3) is 2.18. The van der Waals surface area contributed by atoms with E-state index >= 15 is 0 Å². The number of rotatable bonds is 3. The molecule has 0 fully saturated rings. The lowest BCUT2D eigenvalue weighted by Gasteiger charge is -2.04. The summed E-state index contributed by atoms with van der Waals surface area (Å²) in [6.45, 7) is 1.99. The summed E-state index contributed by atoms with van der Waals surface area (Å²) in [4.78, 5) is 18.5. The minimum Gasteiger partial charge on any atom is -0.477 e. The smallest absolute Gasteiger partial charge is 0.348 e. The Bertz CT molecular complexity index is 999. The topological polar surface area (TPSA) is 54.6 Å². The van der Waals surface area contributed by atoms with Crippen molar-refractivity contribution in [3.8, 4) is 21.8 Å². The Kier molecular flexibility index (Phi) is 3.28. The van der Waals surface area contributed by atoms with Crippen molar-refractivity contribution in [1.82, 2.24) is 9.38 Å². The fraction of sp³-hybridized carbons (Fsp3) is 0.0588. The minimum atomic E-state index is -0.920. The zero-order chi connectivity index (χ0) is 16.0. The molecule has 4 nitrogen and oxygen atoms in total. The van der Waals surface area contributed by atoms with Crippen molar-refractivity contribution in [1.29, 1.82) is 0 Å². The number of aryl methyl sites for hydroxylation is 1. The molecule has 0 saturated carbocycles. The molecule has 0 aliphatic rings. The fourth-order valence-corrected chi connectivity index (χ4v) is 4.49. The van der Waals surface area contributed by atoms with Gasteiger partial charge >= 0.3 is 5.97 Å². The first-order valence-electron chi connectivity index (χ1n) is 7.01. The molecule has 1 aromatic carbocycles. The van der Waals surface area contributed by atoms with Crippen molar-refractivity contribution < 1.29 is 9.90 Å². The van der Waals surface area contributed by atoms with Crippen LogP contribution in [0.1, 0.15) is 15.4 Å². The van der Waals surface area contributed by atoms with Gasteiger partial charge in [0.25, 0.3) is 0 Å². The highest BCUT2D eigenvalue weighted by Crippen LogP contribution is 2.37. The fourth-order valence-electron chi connectivity index (χ4n) is 2.70. The summed E-state index contributed by atoms with van der Waals surface area (Å²) in [5, 5.41) is 11.6. The second kappa shape index (κ2) is 5.33.